The van der Waals surface area contributed by atoms with Crippen LogP contribution in [0.1, 0.15) is 35.1 Å². The summed E-state index contributed by atoms with van der Waals surface area (Å²) in [6.45, 7) is 2.50. The summed E-state index contributed by atoms with van der Waals surface area (Å²) in [5.74, 6) is -0.0746. The van der Waals surface area contributed by atoms with Gasteiger partial charge in [0.05, 0.1) is 12.2 Å². The van der Waals surface area contributed by atoms with Crippen LogP contribution < -0.4 is 4.74 Å². The molecule has 0 saturated carbocycles. The molecule has 1 aromatic carbocycles. The SMILES string of the molecule is Cc1nc(-c2cn([C@@H]3CCCN(C(=O)c4cccc(OC(F)(F)F)c4)C3)nn2)no1. The number of aromatic nitrogens is 5. The number of carbonyl (C=O) groups excluding carboxylic acids is 1. The summed E-state index contributed by atoms with van der Waals surface area (Å²) >= 11 is 0. The fourth-order valence-electron chi connectivity index (χ4n) is 3.32. The first-order valence-corrected chi connectivity index (χ1v) is 9.16. The Morgan fingerprint density at radius 1 is 1.33 bits per heavy atom. The quantitative estimate of drug-likeness (QED) is 0.637. The maximum atomic E-state index is 12.8. The van der Waals surface area contributed by atoms with Crippen molar-refractivity contribution in [2.75, 3.05) is 13.1 Å². The number of hydrogen-bond acceptors (Lipinski definition) is 7. The molecule has 4 rings (SSSR count). The van der Waals surface area contributed by atoms with E-state index in [0.717, 1.165) is 18.6 Å². The van der Waals surface area contributed by atoms with E-state index in [9.17, 15) is 18.0 Å². The van der Waals surface area contributed by atoms with Gasteiger partial charge in [0, 0.05) is 25.6 Å². The minimum Gasteiger partial charge on any atom is -0.406 e. The van der Waals surface area contributed by atoms with E-state index in [1.807, 2.05) is 0 Å². The van der Waals surface area contributed by atoms with Crippen molar-refractivity contribution in [2.45, 2.75) is 32.2 Å². The van der Waals surface area contributed by atoms with Gasteiger partial charge in [-0.05, 0) is 31.0 Å². The predicted octanol–water partition coefficient (Wildman–Crippen LogP) is 3.01. The zero-order valence-electron chi connectivity index (χ0n) is 15.8. The number of amides is 1. The van der Waals surface area contributed by atoms with Gasteiger partial charge in [-0.25, -0.2) is 4.68 Å². The lowest BCUT2D eigenvalue weighted by atomic mass is 10.0. The molecule has 0 spiro atoms. The highest BCUT2D eigenvalue weighted by Gasteiger charge is 2.32. The van der Waals surface area contributed by atoms with Crippen molar-refractivity contribution < 1.29 is 27.2 Å². The number of likely N-dealkylation sites (tertiary alicyclic amines) is 1. The lowest BCUT2D eigenvalue weighted by Crippen LogP contribution is -2.40. The number of benzene rings is 1. The van der Waals surface area contributed by atoms with Crippen molar-refractivity contribution in [3.8, 4) is 17.3 Å². The number of nitrogens with zero attached hydrogens (tertiary/aromatic N) is 6. The van der Waals surface area contributed by atoms with Crippen LogP contribution in [0, 0.1) is 6.92 Å². The van der Waals surface area contributed by atoms with Crippen LogP contribution in [0.4, 0.5) is 13.2 Å². The van der Waals surface area contributed by atoms with E-state index in [2.05, 4.69) is 25.2 Å². The lowest BCUT2D eigenvalue weighted by molar-refractivity contribution is -0.274. The number of ether oxygens (including phenoxy) is 1. The van der Waals surface area contributed by atoms with Gasteiger partial charge in [-0.2, -0.15) is 4.98 Å². The molecule has 1 aliphatic rings. The average Bonchev–Trinajstić information content (AvgIpc) is 3.35. The number of halogens is 3. The zero-order chi connectivity index (χ0) is 21.3. The van der Waals surface area contributed by atoms with Gasteiger partial charge in [0.15, 0.2) is 5.69 Å². The summed E-state index contributed by atoms with van der Waals surface area (Å²) in [7, 11) is 0. The number of piperidine rings is 1. The summed E-state index contributed by atoms with van der Waals surface area (Å²) in [6.07, 6.45) is -1.65. The molecule has 1 atom stereocenters. The summed E-state index contributed by atoms with van der Waals surface area (Å²) < 4.78 is 47.8. The second-order valence-corrected chi connectivity index (χ2v) is 6.84. The molecule has 0 aliphatic carbocycles. The lowest BCUT2D eigenvalue weighted by Gasteiger charge is -2.32. The molecule has 1 saturated heterocycles. The fraction of sp³-hybridized carbons (Fsp3) is 0.389. The van der Waals surface area contributed by atoms with E-state index < -0.39 is 12.1 Å². The van der Waals surface area contributed by atoms with Gasteiger partial charge < -0.3 is 14.2 Å². The van der Waals surface area contributed by atoms with Crippen LogP contribution in [0.5, 0.6) is 5.75 Å². The van der Waals surface area contributed by atoms with E-state index in [-0.39, 0.29) is 17.5 Å². The molecule has 30 heavy (non-hydrogen) atoms. The van der Waals surface area contributed by atoms with Gasteiger partial charge in [0.1, 0.15) is 5.75 Å². The minimum atomic E-state index is -4.82. The molecule has 12 heteroatoms. The van der Waals surface area contributed by atoms with Crippen LogP contribution in [0.15, 0.2) is 35.0 Å². The maximum absolute atomic E-state index is 12.8. The van der Waals surface area contributed by atoms with E-state index in [1.54, 1.807) is 22.7 Å². The molecular weight excluding hydrogens is 405 g/mol. The first kappa shape index (κ1) is 19.9. The normalized spacial score (nSPS) is 17.2. The molecule has 1 aliphatic heterocycles. The Labute approximate surface area is 168 Å². The van der Waals surface area contributed by atoms with Crippen molar-refractivity contribution >= 4 is 5.91 Å². The van der Waals surface area contributed by atoms with Crippen molar-refractivity contribution in [3.05, 3.63) is 41.9 Å². The van der Waals surface area contributed by atoms with Gasteiger partial charge in [-0.3, -0.25) is 4.79 Å². The topological polar surface area (TPSA) is 99.2 Å². The maximum Gasteiger partial charge on any atom is 0.573 e. The Morgan fingerprint density at radius 3 is 2.90 bits per heavy atom. The first-order valence-electron chi connectivity index (χ1n) is 9.16. The van der Waals surface area contributed by atoms with Gasteiger partial charge in [0.2, 0.25) is 11.7 Å². The van der Waals surface area contributed by atoms with Crippen molar-refractivity contribution in [3.63, 3.8) is 0 Å². The first-order chi connectivity index (χ1) is 14.3. The van der Waals surface area contributed by atoms with Crippen LogP contribution in [-0.2, 0) is 0 Å². The molecular formula is C18H17F3N6O3. The van der Waals surface area contributed by atoms with E-state index in [1.165, 1.54) is 12.1 Å². The highest BCUT2D eigenvalue weighted by molar-refractivity contribution is 5.94. The van der Waals surface area contributed by atoms with Crippen molar-refractivity contribution in [2.24, 2.45) is 0 Å². The monoisotopic (exact) mass is 422 g/mol. The second-order valence-electron chi connectivity index (χ2n) is 6.84. The molecule has 3 heterocycles. The predicted molar refractivity (Wildman–Crippen MR) is 95.4 cm³/mol. The van der Waals surface area contributed by atoms with E-state index in [0.29, 0.717) is 36.9 Å². The number of carbonyl (C=O) groups is 1. The van der Waals surface area contributed by atoms with E-state index >= 15 is 0 Å². The fourth-order valence-corrected chi connectivity index (χ4v) is 3.32. The number of rotatable bonds is 4. The van der Waals surface area contributed by atoms with Crippen LogP contribution >= 0.6 is 0 Å². The molecule has 158 valence electrons. The molecule has 0 radical (unpaired) electrons. The Morgan fingerprint density at radius 2 is 2.17 bits per heavy atom. The van der Waals surface area contributed by atoms with Crippen molar-refractivity contribution in [1.82, 2.24) is 30.0 Å². The van der Waals surface area contributed by atoms with Gasteiger partial charge in [-0.1, -0.05) is 16.4 Å². The number of alkyl halides is 3. The molecule has 2 aromatic heterocycles. The second kappa shape index (κ2) is 7.76. The van der Waals surface area contributed by atoms with Crippen LogP contribution in [0.3, 0.4) is 0 Å². The Hall–Kier alpha value is -3.44. The number of aryl methyl sites for hydroxylation is 1. The summed E-state index contributed by atoms with van der Waals surface area (Å²) in [5, 5.41) is 12.0. The van der Waals surface area contributed by atoms with Gasteiger partial charge in [0.25, 0.3) is 5.91 Å². The Bertz CT molecular complexity index is 1050. The van der Waals surface area contributed by atoms with E-state index in [4.69, 9.17) is 4.52 Å². The zero-order valence-corrected chi connectivity index (χ0v) is 15.8. The smallest absolute Gasteiger partial charge is 0.406 e. The highest BCUT2D eigenvalue weighted by Crippen LogP contribution is 2.26. The van der Waals surface area contributed by atoms with Gasteiger partial charge in [-0.15, -0.1) is 18.3 Å². The number of hydrogen-bond donors (Lipinski definition) is 0. The standard InChI is InChI=1S/C18H17F3N6O3/c1-11-22-16(24-30-11)15-10-27(25-23-15)13-5-3-7-26(9-13)17(28)12-4-2-6-14(8-12)29-18(19,20)21/h2,4,6,8,10,13H,3,5,7,9H2,1H3/t13-/m1/s1. The van der Waals surface area contributed by atoms with Gasteiger partial charge >= 0.3 is 6.36 Å². The molecule has 3 aromatic rings. The summed E-state index contributed by atoms with van der Waals surface area (Å²) in [6, 6.07) is 4.92. The average molecular weight is 422 g/mol. The van der Waals surface area contributed by atoms with Crippen LogP contribution in [0.2, 0.25) is 0 Å². The molecule has 0 bridgehead atoms. The molecule has 1 fully saturated rings. The third-order valence-corrected chi connectivity index (χ3v) is 4.64. The largest absolute Gasteiger partial charge is 0.573 e. The third kappa shape index (κ3) is 4.42. The Kier molecular flexibility index (Phi) is 5.14. The van der Waals surface area contributed by atoms with Crippen LogP contribution in [0.25, 0.3) is 11.5 Å². The summed E-state index contributed by atoms with van der Waals surface area (Å²) in [5.41, 5.74) is 0.575. The van der Waals surface area contributed by atoms with Crippen LogP contribution in [-0.4, -0.2) is 55.4 Å². The molecule has 0 unspecified atom stereocenters. The molecule has 0 N–H and O–H groups in total. The third-order valence-electron chi connectivity index (χ3n) is 4.64. The highest BCUT2D eigenvalue weighted by atomic mass is 19.4. The summed E-state index contributed by atoms with van der Waals surface area (Å²) in [4.78, 5) is 18.5. The Balaban J connectivity index is 1.47. The van der Waals surface area contributed by atoms with Crippen molar-refractivity contribution in [1.29, 1.82) is 0 Å². The molecule has 1 amide bonds. The minimum absolute atomic E-state index is 0.124. The molecule has 9 nitrogen and oxygen atoms in total.